The summed E-state index contributed by atoms with van der Waals surface area (Å²) in [6.45, 7) is 1.17. The molecule has 6 nitrogen and oxygen atoms in total. The fourth-order valence-corrected chi connectivity index (χ4v) is 2.65. The van der Waals surface area contributed by atoms with E-state index < -0.39 is 4.92 Å². The Balaban J connectivity index is 2.11. The Hall–Kier alpha value is -1.66. The molecule has 1 amide bonds. The number of halogens is 1. The zero-order valence-corrected chi connectivity index (χ0v) is 12.5. The molecule has 21 heavy (non-hydrogen) atoms. The number of hydrogen-bond acceptors (Lipinski definition) is 4. The zero-order valence-electron chi connectivity index (χ0n) is 11.8. The van der Waals surface area contributed by atoms with Gasteiger partial charge < -0.3 is 9.64 Å². The zero-order chi connectivity index (χ0) is 15.4. The standard InChI is InChI=1S/C14H17ClN2O4/c1-16(9-10-5-2-3-8-21-10)14(18)11-6-4-7-12(13(11)15)17(19)20/h4,6-7,10H,2-3,5,8-9H2,1H3. The molecular weight excluding hydrogens is 296 g/mol. The molecule has 1 aliphatic heterocycles. The highest BCUT2D eigenvalue weighted by Crippen LogP contribution is 2.28. The lowest BCUT2D eigenvalue weighted by Gasteiger charge is -2.27. The monoisotopic (exact) mass is 312 g/mol. The Kier molecular flexibility index (Phi) is 5.14. The van der Waals surface area contributed by atoms with E-state index in [4.69, 9.17) is 16.3 Å². The minimum atomic E-state index is -0.594. The third-order valence-corrected chi connectivity index (χ3v) is 3.90. The average Bonchev–Trinajstić information content (AvgIpc) is 2.47. The van der Waals surface area contributed by atoms with Crippen molar-refractivity contribution in [2.45, 2.75) is 25.4 Å². The first-order valence-corrected chi connectivity index (χ1v) is 7.18. The van der Waals surface area contributed by atoms with Gasteiger partial charge in [-0.15, -0.1) is 0 Å². The van der Waals surface area contributed by atoms with Crippen molar-refractivity contribution in [3.63, 3.8) is 0 Å². The molecule has 1 atom stereocenters. The molecule has 0 N–H and O–H groups in total. The van der Waals surface area contributed by atoms with Crippen molar-refractivity contribution in [1.82, 2.24) is 4.90 Å². The molecule has 1 unspecified atom stereocenters. The van der Waals surface area contributed by atoms with Crippen LogP contribution in [-0.4, -0.2) is 42.0 Å². The predicted octanol–water partition coefficient (Wildman–Crippen LogP) is 2.89. The van der Waals surface area contributed by atoms with Gasteiger partial charge in [0.15, 0.2) is 0 Å². The molecule has 0 radical (unpaired) electrons. The van der Waals surface area contributed by atoms with Gasteiger partial charge in [0, 0.05) is 26.3 Å². The molecule has 1 fully saturated rings. The van der Waals surface area contributed by atoms with Gasteiger partial charge in [-0.05, 0) is 25.3 Å². The van der Waals surface area contributed by atoms with Crippen LogP contribution in [0, 0.1) is 10.1 Å². The second kappa shape index (κ2) is 6.87. The van der Waals surface area contributed by atoms with E-state index in [0.717, 1.165) is 19.3 Å². The van der Waals surface area contributed by atoms with Crippen molar-refractivity contribution in [3.05, 3.63) is 38.9 Å². The molecule has 0 aliphatic carbocycles. The second-order valence-electron chi connectivity index (χ2n) is 5.07. The number of nitro benzene ring substituents is 1. The van der Waals surface area contributed by atoms with E-state index in [0.29, 0.717) is 13.2 Å². The highest BCUT2D eigenvalue weighted by Gasteiger charge is 2.24. The fraction of sp³-hybridized carbons (Fsp3) is 0.500. The summed E-state index contributed by atoms with van der Waals surface area (Å²) in [6.07, 6.45) is 3.07. The topological polar surface area (TPSA) is 72.7 Å². The van der Waals surface area contributed by atoms with Gasteiger partial charge in [0.2, 0.25) is 0 Å². The number of benzene rings is 1. The Morgan fingerprint density at radius 2 is 2.29 bits per heavy atom. The van der Waals surface area contributed by atoms with Crippen molar-refractivity contribution < 1.29 is 14.5 Å². The minimum absolute atomic E-state index is 0.0187. The van der Waals surface area contributed by atoms with Crippen LogP contribution in [0.4, 0.5) is 5.69 Å². The lowest BCUT2D eigenvalue weighted by Crippen LogP contribution is -2.37. The van der Waals surface area contributed by atoms with Crippen LogP contribution in [0.1, 0.15) is 29.6 Å². The van der Waals surface area contributed by atoms with Crippen LogP contribution in [0.2, 0.25) is 5.02 Å². The summed E-state index contributed by atoms with van der Waals surface area (Å²) in [5, 5.41) is 10.7. The summed E-state index contributed by atoms with van der Waals surface area (Å²) in [5.74, 6) is -0.335. The second-order valence-corrected chi connectivity index (χ2v) is 5.45. The summed E-state index contributed by atoms with van der Waals surface area (Å²) in [7, 11) is 1.65. The lowest BCUT2D eigenvalue weighted by molar-refractivity contribution is -0.384. The summed E-state index contributed by atoms with van der Waals surface area (Å²) in [5.41, 5.74) is -0.117. The van der Waals surface area contributed by atoms with Crippen LogP contribution < -0.4 is 0 Å². The van der Waals surface area contributed by atoms with E-state index >= 15 is 0 Å². The highest BCUT2D eigenvalue weighted by molar-refractivity contribution is 6.35. The molecule has 1 aromatic carbocycles. The molecule has 1 heterocycles. The van der Waals surface area contributed by atoms with Gasteiger partial charge in [0.1, 0.15) is 5.02 Å². The van der Waals surface area contributed by atoms with Crippen molar-refractivity contribution >= 4 is 23.2 Å². The minimum Gasteiger partial charge on any atom is -0.376 e. The van der Waals surface area contributed by atoms with Crippen LogP contribution in [0.15, 0.2) is 18.2 Å². The average molecular weight is 313 g/mol. The van der Waals surface area contributed by atoms with E-state index in [-0.39, 0.29) is 28.3 Å². The van der Waals surface area contributed by atoms with Gasteiger partial charge in [-0.3, -0.25) is 14.9 Å². The summed E-state index contributed by atoms with van der Waals surface area (Å²) in [4.78, 5) is 24.1. The van der Waals surface area contributed by atoms with Crippen LogP contribution in [0.5, 0.6) is 0 Å². The Morgan fingerprint density at radius 3 is 2.90 bits per heavy atom. The molecule has 0 saturated carbocycles. The summed E-state index contributed by atoms with van der Waals surface area (Å²) < 4.78 is 5.59. The molecule has 1 saturated heterocycles. The first-order valence-electron chi connectivity index (χ1n) is 6.80. The molecule has 2 rings (SSSR count). The number of hydrogen-bond donors (Lipinski definition) is 0. The van der Waals surface area contributed by atoms with Crippen LogP contribution >= 0.6 is 11.6 Å². The summed E-state index contributed by atoms with van der Waals surface area (Å²) >= 11 is 5.97. The Bertz CT molecular complexity index is 544. The van der Waals surface area contributed by atoms with Crippen LogP contribution in [0.3, 0.4) is 0 Å². The lowest BCUT2D eigenvalue weighted by atomic mass is 10.1. The van der Waals surface area contributed by atoms with Crippen molar-refractivity contribution in [2.24, 2.45) is 0 Å². The van der Waals surface area contributed by atoms with E-state index in [2.05, 4.69) is 0 Å². The largest absolute Gasteiger partial charge is 0.376 e. The van der Waals surface area contributed by atoms with E-state index in [9.17, 15) is 14.9 Å². The fourth-order valence-electron chi connectivity index (χ4n) is 2.37. The van der Waals surface area contributed by atoms with Gasteiger partial charge in [-0.1, -0.05) is 17.7 Å². The molecule has 7 heteroatoms. The maximum Gasteiger partial charge on any atom is 0.288 e. The number of carbonyl (C=O) groups is 1. The number of rotatable bonds is 4. The van der Waals surface area contributed by atoms with Gasteiger partial charge in [0.05, 0.1) is 16.6 Å². The molecule has 1 aromatic rings. The Labute approximate surface area is 127 Å². The number of amides is 1. The molecular formula is C14H17ClN2O4. The first-order chi connectivity index (χ1) is 10.0. The summed E-state index contributed by atoms with van der Waals surface area (Å²) in [6, 6.07) is 4.24. The maximum absolute atomic E-state index is 12.4. The third-order valence-electron chi connectivity index (χ3n) is 3.50. The molecule has 114 valence electrons. The third kappa shape index (κ3) is 3.71. The van der Waals surface area contributed by atoms with Crippen molar-refractivity contribution in [1.29, 1.82) is 0 Å². The maximum atomic E-state index is 12.4. The number of nitro groups is 1. The van der Waals surface area contributed by atoms with Gasteiger partial charge in [-0.2, -0.15) is 0 Å². The molecule has 0 bridgehead atoms. The van der Waals surface area contributed by atoms with Gasteiger partial charge in [-0.25, -0.2) is 0 Å². The van der Waals surface area contributed by atoms with Crippen LogP contribution in [-0.2, 0) is 4.74 Å². The number of nitrogens with zero attached hydrogens (tertiary/aromatic N) is 2. The normalized spacial score (nSPS) is 18.3. The van der Waals surface area contributed by atoms with Crippen molar-refractivity contribution in [3.8, 4) is 0 Å². The Morgan fingerprint density at radius 1 is 1.52 bits per heavy atom. The van der Waals surface area contributed by atoms with Gasteiger partial charge >= 0.3 is 0 Å². The van der Waals surface area contributed by atoms with Gasteiger partial charge in [0.25, 0.3) is 11.6 Å². The molecule has 0 aromatic heterocycles. The number of carbonyl (C=O) groups excluding carboxylic acids is 1. The van der Waals surface area contributed by atoms with E-state index in [1.165, 1.54) is 23.1 Å². The number of ether oxygens (including phenoxy) is 1. The van der Waals surface area contributed by atoms with E-state index in [1.807, 2.05) is 0 Å². The SMILES string of the molecule is CN(CC1CCCCO1)C(=O)c1cccc([N+](=O)[O-])c1Cl. The van der Waals surface area contributed by atoms with Crippen molar-refractivity contribution in [2.75, 3.05) is 20.2 Å². The van der Waals surface area contributed by atoms with E-state index in [1.54, 1.807) is 7.05 Å². The first kappa shape index (κ1) is 15.7. The van der Waals surface area contributed by atoms with Crippen LogP contribution in [0.25, 0.3) is 0 Å². The highest BCUT2D eigenvalue weighted by atomic mass is 35.5. The predicted molar refractivity (Wildman–Crippen MR) is 78.7 cm³/mol. The molecule has 1 aliphatic rings. The number of likely N-dealkylation sites (N-methyl/N-ethyl adjacent to an activating group) is 1. The quantitative estimate of drug-likeness (QED) is 0.633. The molecule has 0 spiro atoms. The smallest absolute Gasteiger partial charge is 0.288 e.